The number of halogens is 1. The van der Waals surface area contributed by atoms with Gasteiger partial charge in [-0.1, -0.05) is 20.8 Å². The number of pyridine rings is 2. The van der Waals surface area contributed by atoms with E-state index in [0.29, 0.717) is 33.6 Å². The standard InChI is InChI=1S/C30H30FN7O3/c1-30(2,3)19-10-17-14-33-38(29(41)26(17)23(31)12-19)27-22(16-39)21(7-8-32-27)18-11-24(28(40)36(4)15-18)34-25-13-20-6-5-9-37(20)35-25/h7-8,10-15,39H,5-6,9,16H2,1-4H3,(H,34,35). The van der Waals surface area contributed by atoms with Crippen molar-refractivity contribution in [1.82, 2.24) is 29.1 Å². The maximum absolute atomic E-state index is 15.3. The number of benzene rings is 1. The maximum atomic E-state index is 15.3. The number of hydrogen-bond donors (Lipinski definition) is 2. The van der Waals surface area contributed by atoms with Gasteiger partial charge in [-0.2, -0.15) is 14.9 Å². The molecule has 5 aromatic rings. The van der Waals surface area contributed by atoms with Crippen LogP contribution in [0, 0.1) is 5.82 Å². The number of nitrogens with zero attached hydrogens (tertiary/aromatic N) is 6. The smallest absolute Gasteiger partial charge is 0.283 e. The quantitative estimate of drug-likeness (QED) is 0.337. The van der Waals surface area contributed by atoms with Crippen LogP contribution in [0.3, 0.4) is 0 Å². The Hall–Kier alpha value is -4.64. The lowest BCUT2D eigenvalue weighted by molar-refractivity contribution is 0.281. The molecule has 0 fully saturated rings. The van der Waals surface area contributed by atoms with Gasteiger partial charge in [-0.05, 0) is 53.6 Å². The number of fused-ring (bicyclic) bond motifs is 2. The zero-order valence-electron chi connectivity index (χ0n) is 23.3. The summed E-state index contributed by atoms with van der Waals surface area (Å²) < 4.78 is 19.6. The molecule has 1 aliphatic heterocycles. The van der Waals surface area contributed by atoms with Crippen LogP contribution in [0.2, 0.25) is 0 Å². The Morgan fingerprint density at radius 3 is 2.66 bits per heavy atom. The van der Waals surface area contributed by atoms with E-state index < -0.39 is 18.0 Å². The van der Waals surface area contributed by atoms with Gasteiger partial charge in [-0.15, -0.1) is 0 Å². The molecule has 11 heteroatoms. The third kappa shape index (κ3) is 4.61. The van der Waals surface area contributed by atoms with E-state index in [1.807, 2.05) is 31.5 Å². The summed E-state index contributed by atoms with van der Waals surface area (Å²) in [6.45, 7) is 6.26. The minimum absolute atomic E-state index is 0.0742. The van der Waals surface area contributed by atoms with Crippen molar-refractivity contribution in [2.75, 3.05) is 5.32 Å². The second-order valence-corrected chi connectivity index (χ2v) is 11.4. The second kappa shape index (κ2) is 9.77. The minimum Gasteiger partial charge on any atom is -0.392 e. The molecule has 5 heterocycles. The number of aliphatic hydroxyl groups is 1. The van der Waals surface area contributed by atoms with Gasteiger partial charge in [-0.25, -0.2) is 9.37 Å². The van der Waals surface area contributed by atoms with E-state index in [0.717, 1.165) is 35.3 Å². The molecule has 0 amide bonds. The minimum atomic E-state index is -0.685. The van der Waals surface area contributed by atoms with Gasteiger partial charge in [0.05, 0.1) is 18.2 Å². The van der Waals surface area contributed by atoms with E-state index in [4.69, 9.17) is 0 Å². The van der Waals surface area contributed by atoms with Crippen LogP contribution in [0.15, 0.2) is 58.5 Å². The van der Waals surface area contributed by atoms with E-state index in [1.165, 1.54) is 23.0 Å². The van der Waals surface area contributed by atoms with Gasteiger partial charge in [0.25, 0.3) is 11.1 Å². The molecule has 10 nitrogen and oxygen atoms in total. The van der Waals surface area contributed by atoms with Crippen molar-refractivity contribution in [3.63, 3.8) is 0 Å². The Kier molecular flexibility index (Phi) is 6.33. The van der Waals surface area contributed by atoms with E-state index in [2.05, 4.69) is 20.5 Å². The number of aromatic nitrogens is 6. The summed E-state index contributed by atoms with van der Waals surface area (Å²) in [5.41, 5.74) is 2.36. The van der Waals surface area contributed by atoms with Gasteiger partial charge in [0.15, 0.2) is 11.6 Å². The molecule has 4 aromatic heterocycles. The van der Waals surface area contributed by atoms with Crippen LogP contribution in [0.5, 0.6) is 0 Å². The molecule has 0 unspecified atom stereocenters. The van der Waals surface area contributed by atoms with Gasteiger partial charge < -0.3 is 15.0 Å². The van der Waals surface area contributed by atoms with Crippen molar-refractivity contribution >= 4 is 22.3 Å². The molecule has 0 aliphatic carbocycles. The molecular weight excluding hydrogens is 525 g/mol. The molecule has 6 rings (SSSR count). The number of anilines is 2. The predicted molar refractivity (Wildman–Crippen MR) is 154 cm³/mol. The van der Waals surface area contributed by atoms with Crippen LogP contribution in [0.4, 0.5) is 15.9 Å². The van der Waals surface area contributed by atoms with Crippen molar-refractivity contribution in [2.24, 2.45) is 7.05 Å². The zero-order valence-corrected chi connectivity index (χ0v) is 23.3. The second-order valence-electron chi connectivity index (χ2n) is 11.4. The first-order chi connectivity index (χ1) is 19.5. The largest absolute Gasteiger partial charge is 0.392 e. The fourth-order valence-corrected chi connectivity index (χ4v) is 5.32. The topological polar surface area (TPSA) is 120 Å². The summed E-state index contributed by atoms with van der Waals surface area (Å²) in [6.07, 6.45) is 6.55. The SMILES string of the molecule is Cn1cc(-c2ccnc(-n3ncc4cc(C(C)(C)C)cc(F)c4c3=O)c2CO)cc(Nc2cc3n(n2)CCC3)c1=O. The van der Waals surface area contributed by atoms with Crippen LogP contribution in [0.25, 0.3) is 27.7 Å². The first-order valence-corrected chi connectivity index (χ1v) is 13.4. The van der Waals surface area contributed by atoms with Gasteiger partial charge >= 0.3 is 0 Å². The average molecular weight is 556 g/mol. The number of nitrogens with one attached hydrogen (secondary N) is 1. The van der Waals surface area contributed by atoms with E-state index in [1.54, 1.807) is 31.4 Å². The molecule has 1 aromatic carbocycles. The molecule has 2 N–H and O–H groups in total. The van der Waals surface area contributed by atoms with Crippen LogP contribution in [0.1, 0.15) is 44.0 Å². The molecule has 0 bridgehead atoms. The van der Waals surface area contributed by atoms with Crippen molar-refractivity contribution in [1.29, 1.82) is 0 Å². The Bertz CT molecular complexity index is 1930. The lowest BCUT2D eigenvalue weighted by atomic mass is 9.86. The fourth-order valence-electron chi connectivity index (χ4n) is 5.32. The van der Waals surface area contributed by atoms with Crippen LogP contribution in [-0.2, 0) is 32.0 Å². The normalized spacial score (nSPS) is 13.1. The van der Waals surface area contributed by atoms with Crippen LogP contribution in [-0.4, -0.2) is 34.2 Å². The summed E-state index contributed by atoms with van der Waals surface area (Å²) in [4.78, 5) is 30.8. The molecule has 41 heavy (non-hydrogen) atoms. The third-order valence-corrected chi connectivity index (χ3v) is 7.52. The first kappa shape index (κ1) is 26.6. The molecule has 0 atom stereocenters. The van der Waals surface area contributed by atoms with Crippen molar-refractivity contribution in [2.45, 2.75) is 52.2 Å². The van der Waals surface area contributed by atoms with Gasteiger partial charge in [0.2, 0.25) is 0 Å². The third-order valence-electron chi connectivity index (χ3n) is 7.52. The maximum Gasteiger partial charge on any atom is 0.283 e. The van der Waals surface area contributed by atoms with Crippen molar-refractivity contribution < 1.29 is 9.50 Å². The highest BCUT2D eigenvalue weighted by atomic mass is 19.1. The molecule has 1 aliphatic rings. The van der Waals surface area contributed by atoms with Gasteiger partial charge in [-0.3, -0.25) is 14.3 Å². The number of hydrogen-bond acceptors (Lipinski definition) is 7. The number of aliphatic hydroxyl groups excluding tert-OH is 1. The summed E-state index contributed by atoms with van der Waals surface area (Å²) >= 11 is 0. The Labute approximate surface area is 234 Å². The highest BCUT2D eigenvalue weighted by Gasteiger charge is 2.22. The summed E-state index contributed by atoms with van der Waals surface area (Å²) in [5, 5.41) is 22.7. The molecule has 0 saturated carbocycles. The van der Waals surface area contributed by atoms with E-state index >= 15 is 4.39 Å². The monoisotopic (exact) mass is 555 g/mol. The molecule has 0 radical (unpaired) electrons. The Balaban J connectivity index is 1.46. The van der Waals surface area contributed by atoms with Crippen LogP contribution < -0.4 is 16.4 Å². The lowest BCUT2D eigenvalue weighted by Crippen LogP contribution is -2.25. The molecule has 0 saturated heterocycles. The predicted octanol–water partition coefficient (Wildman–Crippen LogP) is 3.96. The van der Waals surface area contributed by atoms with Gasteiger partial charge in [0.1, 0.15) is 11.5 Å². The summed E-state index contributed by atoms with van der Waals surface area (Å²) in [5.74, 6) is 0.00899. The highest BCUT2D eigenvalue weighted by molar-refractivity contribution is 5.83. The zero-order chi connectivity index (χ0) is 29.1. The average Bonchev–Trinajstić information content (AvgIpc) is 3.52. The number of aryl methyl sites for hydroxylation is 3. The van der Waals surface area contributed by atoms with Crippen LogP contribution >= 0.6 is 0 Å². The van der Waals surface area contributed by atoms with Crippen molar-refractivity contribution in [3.05, 3.63) is 92.3 Å². The number of rotatable bonds is 5. The van der Waals surface area contributed by atoms with Gasteiger partial charge in [0, 0.05) is 54.3 Å². The Morgan fingerprint density at radius 1 is 1.12 bits per heavy atom. The summed E-state index contributed by atoms with van der Waals surface area (Å²) in [6, 6.07) is 8.44. The first-order valence-electron chi connectivity index (χ1n) is 13.4. The summed E-state index contributed by atoms with van der Waals surface area (Å²) in [7, 11) is 1.63. The molecular formula is C30H30FN7O3. The molecule has 0 spiro atoms. The lowest BCUT2D eigenvalue weighted by Gasteiger charge is -2.20. The highest BCUT2D eigenvalue weighted by Crippen LogP contribution is 2.30. The fraction of sp³-hybridized carbons (Fsp3) is 0.300. The van der Waals surface area contributed by atoms with Crippen molar-refractivity contribution in [3.8, 4) is 16.9 Å². The molecule has 210 valence electrons. The van der Waals surface area contributed by atoms with E-state index in [-0.39, 0.29) is 22.2 Å². The Morgan fingerprint density at radius 2 is 1.93 bits per heavy atom. The van der Waals surface area contributed by atoms with E-state index in [9.17, 15) is 14.7 Å².